The zero-order valence-corrected chi connectivity index (χ0v) is 13.5. The second kappa shape index (κ2) is 6.87. The number of rotatable bonds is 4. The van der Waals surface area contributed by atoms with Crippen LogP contribution in [0.15, 0.2) is 12.1 Å². The summed E-state index contributed by atoms with van der Waals surface area (Å²) >= 11 is 0. The minimum absolute atomic E-state index is 0.222. The van der Waals surface area contributed by atoms with E-state index in [1.54, 1.807) is 6.92 Å². The summed E-state index contributed by atoms with van der Waals surface area (Å²) in [5.74, 6) is 0.739. The fraction of sp³-hybridized carbons (Fsp3) is 0.667. The SMILES string of the molecule is CCNC(c1c(F)ccc(C)c1F)C1CC(C)CC(C)C1. The van der Waals surface area contributed by atoms with Gasteiger partial charge < -0.3 is 5.32 Å². The van der Waals surface area contributed by atoms with Gasteiger partial charge in [-0.05, 0) is 62.1 Å². The molecule has 1 nitrogen and oxygen atoms in total. The summed E-state index contributed by atoms with van der Waals surface area (Å²) in [6.45, 7) is 8.90. The second-order valence-corrected chi connectivity index (χ2v) is 6.80. The van der Waals surface area contributed by atoms with E-state index in [1.807, 2.05) is 6.92 Å². The Morgan fingerprint density at radius 3 is 2.33 bits per heavy atom. The van der Waals surface area contributed by atoms with Crippen LogP contribution in [-0.4, -0.2) is 6.54 Å². The van der Waals surface area contributed by atoms with Crippen molar-refractivity contribution in [1.82, 2.24) is 5.32 Å². The standard InChI is InChI=1S/C18H27F2N/c1-5-21-18(14-9-11(2)8-12(3)10-14)16-15(19)7-6-13(4)17(16)20/h6-7,11-12,14,18,21H,5,8-10H2,1-4H3. The lowest BCUT2D eigenvalue weighted by Gasteiger charge is -2.37. The van der Waals surface area contributed by atoms with Crippen LogP contribution in [0, 0.1) is 36.3 Å². The highest BCUT2D eigenvalue weighted by molar-refractivity contribution is 5.30. The second-order valence-electron chi connectivity index (χ2n) is 6.80. The van der Waals surface area contributed by atoms with Crippen LogP contribution in [0.25, 0.3) is 0 Å². The number of benzene rings is 1. The number of hydrogen-bond donors (Lipinski definition) is 1. The molecule has 1 fully saturated rings. The van der Waals surface area contributed by atoms with Crippen molar-refractivity contribution in [2.75, 3.05) is 6.54 Å². The molecule has 0 spiro atoms. The maximum atomic E-state index is 14.5. The van der Waals surface area contributed by atoms with Gasteiger partial charge in [0.2, 0.25) is 0 Å². The molecular formula is C18H27F2N. The summed E-state index contributed by atoms with van der Waals surface area (Å²) in [5.41, 5.74) is 0.759. The molecule has 1 aliphatic carbocycles. The highest BCUT2D eigenvalue weighted by atomic mass is 19.1. The molecule has 1 aromatic carbocycles. The maximum absolute atomic E-state index is 14.5. The van der Waals surface area contributed by atoms with Gasteiger partial charge in [0, 0.05) is 11.6 Å². The molecule has 0 radical (unpaired) electrons. The predicted molar refractivity (Wildman–Crippen MR) is 83.2 cm³/mol. The topological polar surface area (TPSA) is 12.0 Å². The van der Waals surface area contributed by atoms with Crippen molar-refractivity contribution in [3.8, 4) is 0 Å². The predicted octanol–water partition coefficient (Wildman–Crippen LogP) is 5.00. The Morgan fingerprint density at radius 2 is 1.76 bits per heavy atom. The van der Waals surface area contributed by atoms with E-state index in [-0.39, 0.29) is 17.4 Å². The smallest absolute Gasteiger partial charge is 0.133 e. The Morgan fingerprint density at radius 1 is 1.14 bits per heavy atom. The fourth-order valence-corrected chi connectivity index (χ4v) is 3.97. The highest BCUT2D eigenvalue weighted by Crippen LogP contribution is 2.41. The van der Waals surface area contributed by atoms with E-state index < -0.39 is 5.82 Å². The molecule has 0 aromatic heterocycles. The molecule has 1 N–H and O–H groups in total. The van der Waals surface area contributed by atoms with Crippen molar-refractivity contribution >= 4 is 0 Å². The molecule has 0 heterocycles. The third-order valence-corrected chi connectivity index (χ3v) is 4.74. The molecule has 3 atom stereocenters. The first-order chi connectivity index (χ1) is 9.93. The van der Waals surface area contributed by atoms with Crippen LogP contribution in [0.2, 0.25) is 0 Å². The van der Waals surface area contributed by atoms with Crippen LogP contribution >= 0.6 is 0 Å². The van der Waals surface area contributed by atoms with Gasteiger partial charge in [-0.2, -0.15) is 0 Å². The monoisotopic (exact) mass is 295 g/mol. The van der Waals surface area contributed by atoms with Crippen LogP contribution in [0.4, 0.5) is 8.78 Å². The minimum atomic E-state index is -0.421. The first kappa shape index (κ1) is 16.4. The average Bonchev–Trinajstić information content (AvgIpc) is 2.41. The average molecular weight is 295 g/mol. The van der Waals surface area contributed by atoms with Crippen molar-refractivity contribution < 1.29 is 8.78 Å². The molecule has 3 unspecified atom stereocenters. The molecule has 0 saturated heterocycles. The van der Waals surface area contributed by atoms with Crippen molar-refractivity contribution in [3.63, 3.8) is 0 Å². The molecule has 1 aliphatic rings. The first-order valence-electron chi connectivity index (χ1n) is 8.11. The van der Waals surface area contributed by atoms with Gasteiger partial charge in [0.05, 0.1) is 0 Å². The van der Waals surface area contributed by atoms with Crippen molar-refractivity contribution in [2.24, 2.45) is 17.8 Å². The van der Waals surface area contributed by atoms with Crippen molar-refractivity contribution in [1.29, 1.82) is 0 Å². The molecule has 21 heavy (non-hydrogen) atoms. The van der Waals surface area contributed by atoms with Gasteiger partial charge in [0.15, 0.2) is 0 Å². The maximum Gasteiger partial charge on any atom is 0.133 e. The summed E-state index contributed by atoms with van der Waals surface area (Å²) in [6.07, 6.45) is 3.29. The molecule has 1 aromatic rings. The first-order valence-corrected chi connectivity index (χ1v) is 8.11. The van der Waals surface area contributed by atoms with E-state index in [4.69, 9.17) is 0 Å². The summed E-state index contributed by atoms with van der Waals surface area (Å²) in [5, 5.41) is 3.34. The highest BCUT2D eigenvalue weighted by Gasteiger charge is 2.33. The zero-order valence-electron chi connectivity index (χ0n) is 13.5. The fourth-order valence-electron chi connectivity index (χ4n) is 3.97. The van der Waals surface area contributed by atoms with E-state index in [9.17, 15) is 8.78 Å². The summed E-state index contributed by atoms with van der Waals surface area (Å²) in [6, 6.07) is 2.69. The van der Waals surface area contributed by atoms with Gasteiger partial charge in [0.25, 0.3) is 0 Å². The van der Waals surface area contributed by atoms with Crippen LogP contribution < -0.4 is 5.32 Å². The molecule has 118 valence electrons. The summed E-state index contributed by atoms with van der Waals surface area (Å²) in [7, 11) is 0. The number of halogens is 2. The molecule has 1 saturated carbocycles. The lowest BCUT2D eigenvalue weighted by molar-refractivity contribution is 0.173. The number of hydrogen-bond acceptors (Lipinski definition) is 1. The molecular weight excluding hydrogens is 268 g/mol. The molecule has 0 bridgehead atoms. The van der Waals surface area contributed by atoms with E-state index in [0.29, 0.717) is 23.3 Å². The molecule has 0 amide bonds. The van der Waals surface area contributed by atoms with Crippen molar-refractivity contribution in [2.45, 2.75) is 53.0 Å². The van der Waals surface area contributed by atoms with Gasteiger partial charge in [-0.15, -0.1) is 0 Å². The summed E-state index contributed by atoms with van der Waals surface area (Å²) in [4.78, 5) is 0. The van der Waals surface area contributed by atoms with Gasteiger partial charge in [-0.1, -0.05) is 26.8 Å². The minimum Gasteiger partial charge on any atom is -0.310 e. The molecule has 0 aliphatic heterocycles. The lowest BCUT2D eigenvalue weighted by atomic mass is 9.72. The molecule has 2 rings (SSSR count). The third-order valence-electron chi connectivity index (χ3n) is 4.74. The Balaban J connectivity index is 2.37. The lowest BCUT2D eigenvalue weighted by Crippen LogP contribution is -2.34. The van der Waals surface area contributed by atoms with Crippen molar-refractivity contribution in [3.05, 3.63) is 34.9 Å². The summed E-state index contributed by atoms with van der Waals surface area (Å²) < 4.78 is 28.8. The number of nitrogens with one attached hydrogen (secondary N) is 1. The Hall–Kier alpha value is -0.960. The third kappa shape index (κ3) is 3.63. The Kier molecular flexibility index (Phi) is 5.37. The van der Waals surface area contributed by atoms with Crippen LogP contribution in [-0.2, 0) is 0 Å². The molecule has 3 heteroatoms. The van der Waals surface area contributed by atoms with Gasteiger partial charge in [-0.3, -0.25) is 0 Å². The van der Waals surface area contributed by atoms with E-state index in [0.717, 1.165) is 19.4 Å². The van der Waals surface area contributed by atoms with Gasteiger partial charge in [0.1, 0.15) is 11.6 Å². The van der Waals surface area contributed by atoms with Gasteiger partial charge >= 0.3 is 0 Å². The Bertz CT molecular complexity index is 476. The van der Waals surface area contributed by atoms with E-state index >= 15 is 0 Å². The number of aryl methyl sites for hydroxylation is 1. The van der Waals surface area contributed by atoms with Crippen LogP contribution in [0.3, 0.4) is 0 Å². The van der Waals surface area contributed by atoms with E-state index in [2.05, 4.69) is 19.2 Å². The van der Waals surface area contributed by atoms with Crippen LogP contribution in [0.5, 0.6) is 0 Å². The Labute approximate surface area is 127 Å². The van der Waals surface area contributed by atoms with Gasteiger partial charge in [-0.25, -0.2) is 8.78 Å². The normalized spacial score (nSPS) is 27.6. The van der Waals surface area contributed by atoms with Crippen LogP contribution in [0.1, 0.15) is 57.2 Å². The quantitative estimate of drug-likeness (QED) is 0.824. The van der Waals surface area contributed by atoms with E-state index in [1.165, 1.54) is 18.6 Å². The zero-order chi connectivity index (χ0) is 15.6. The largest absolute Gasteiger partial charge is 0.310 e.